The molecule has 0 saturated carbocycles. The standard InChI is InChI=1S/C16H26N4O/c1-4-5-14-8-13(9-15(18-14)19-17)16(21)20-7-6-12(10-20)11(2)3/h8-9,11-12H,4-7,10,17H2,1-3H3,(H,18,19). The van der Waals surface area contributed by atoms with E-state index in [9.17, 15) is 4.79 Å². The molecule has 0 aromatic carbocycles. The summed E-state index contributed by atoms with van der Waals surface area (Å²) in [6, 6.07) is 3.64. The molecular weight excluding hydrogens is 264 g/mol. The van der Waals surface area contributed by atoms with Crippen LogP contribution >= 0.6 is 0 Å². The summed E-state index contributed by atoms with van der Waals surface area (Å²) in [6.45, 7) is 8.24. The zero-order valence-corrected chi connectivity index (χ0v) is 13.2. The summed E-state index contributed by atoms with van der Waals surface area (Å²) in [5.41, 5.74) is 4.16. The lowest BCUT2D eigenvalue weighted by molar-refractivity contribution is 0.0784. The second kappa shape index (κ2) is 6.89. The fourth-order valence-corrected chi connectivity index (χ4v) is 2.87. The van der Waals surface area contributed by atoms with E-state index in [2.05, 4.69) is 31.2 Å². The van der Waals surface area contributed by atoms with E-state index >= 15 is 0 Å². The first-order chi connectivity index (χ1) is 10.0. The van der Waals surface area contributed by atoms with E-state index in [0.717, 1.165) is 38.0 Å². The van der Waals surface area contributed by atoms with Gasteiger partial charge < -0.3 is 10.3 Å². The number of nitrogen functional groups attached to an aromatic ring is 1. The number of aromatic nitrogens is 1. The highest BCUT2D eigenvalue weighted by Gasteiger charge is 2.29. The van der Waals surface area contributed by atoms with Crippen LogP contribution in [0.5, 0.6) is 0 Å². The predicted octanol–water partition coefficient (Wildman–Crippen LogP) is 2.44. The van der Waals surface area contributed by atoms with Crippen LogP contribution in [0.15, 0.2) is 12.1 Å². The van der Waals surface area contributed by atoms with E-state index in [4.69, 9.17) is 5.84 Å². The summed E-state index contributed by atoms with van der Waals surface area (Å²) in [7, 11) is 0. The number of nitrogens with zero attached hydrogens (tertiary/aromatic N) is 2. The molecule has 3 N–H and O–H groups in total. The van der Waals surface area contributed by atoms with Gasteiger partial charge in [-0.15, -0.1) is 0 Å². The van der Waals surface area contributed by atoms with Gasteiger partial charge in [-0.1, -0.05) is 27.2 Å². The zero-order chi connectivity index (χ0) is 15.4. The minimum absolute atomic E-state index is 0.0920. The molecule has 2 heterocycles. The normalized spacial score (nSPS) is 18.3. The summed E-state index contributed by atoms with van der Waals surface area (Å²) in [5, 5.41) is 0. The van der Waals surface area contributed by atoms with Crippen molar-refractivity contribution in [1.82, 2.24) is 9.88 Å². The Morgan fingerprint density at radius 2 is 2.29 bits per heavy atom. The molecule has 0 bridgehead atoms. The quantitative estimate of drug-likeness (QED) is 0.645. The minimum atomic E-state index is 0.0920. The average molecular weight is 290 g/mol. The number of amides is 1. The van der Waals surface area contributed by atoms with Gasteiger partial charge in [0.05, 0.1) is 0 Å². The first-order valence-electron chi connectivity index (χ1n) is 7.82. The number of hydrazine groups is 1. The third-order valence-electron chi connectivity index (χ3n) is 4.23. The summed E-state index contributed by atoms with van der Waals surface area (Å²) in [5.74, 6) is 7.34. The number of likely N-dealkylation sites (tertiary alicyclic amines) is 1. The van der Waals surface area contributed by atoms with Crippen LogP contribution in [0.2, 0.25) is 0 Å². The molecule has 2 rings (SSSR count). The van der Waals surface area contributed by atoms with Crippen LogP contribution < -0.4 is 11.3 Å². The third kappa shape index (κ3) is 3.73. The SMILES string of the molecule is CCCc1cc(C(=O)N2CCC(C(C)C)C2)cc(NN)n1. The van der Waals surface area contributed by atoms with Gasteiger partial charge in [0.2, 0.25) is 0 Å². The monoisotopic (exact) mass is 290 g/mol. The first kappa shape index (κ1) is 15.8. The molecule has 1 aromatic heterocycles. The highest BCUT2D eigenvalue weighted by molar-refractivity contribution is 5.95. The lowest BCUT2D eigenvalue weighted by Crippen LogP contribution is -2.29. The third-order valence-corrected chi connectivity index (χ3v) is 4.23. The Labute approximate surface area is 126 Å². The van der Waals surface area contributed by atoms with E-state index in [0.29, 0.717) is 23.2 Å². The average Bonchev–Trinajstić information content (AvgIpc) is 2.96. The van der Waals surface area contributed by atoms with E-state index < -0.39 is 0 Å². The molecule has 5 nitrogen and oxygen atoms in total. The molecule has 0 spiro atoms. The van der Waals surface area contributed by atoms with Crippen molar-refractivity contribution in [2.24, 2.45) is 17.7 Å². The van der Waals surface area contributed by atoms with Crippen molar-refractivity contribution in [2.75, 3.05) is 18.5 Å². The number of hydrogen-bond acceptors (Lipinski definition) is 4. The largest absolute Gasteiger partial charge is 0.338 e. The Kier molecular flexibility index (Phi) is 5.17. The van der Waals surface area contributed by atoms with Crippen molar-refractivity contribution in [2.45, 2.75) is 40.0 Å². The Balaban J connectivity index is 2.17. The second-order valence-corrected chi connectivity index (χ2v) is 6.17. The van der Waals surface area contributed by atoms with Crippen molar-refractivity contribution in [1.29, 1.82) is 0 Å². The number of nitrogens with one attached hydrogen (secondary N) is 1. The molecule has 1 aliphatic rings. The van der Waals surface area contributed by atoms with Gasteiger partial charge in [0, 0.05) is 24.3 Å². The Bertz CT molecular complexity index is 501. The van der Waals surface area contributed by atoms with Crippen molar-refractivity contribution in [3.8, 4) is 0 Å². The Morgan fingerprint density at radius 1 is 1.52 bits per heavy atom. The van der Waals surface area contributed by atoms with Crippen molar-refractivity contribution in [3.05, 3.63) is 23.4 Å². The van der Waals surface area contributed by atoms with Crippen LogP contribution in [-0.2, 0) is 6.42 Å². The van der Waals surface area contributed by atoms with Gasteiger partial charge in [-0.05, 0) is 36.8 Å². The molecule has 1 unspecified atom stereocenters. The number of rotatable bonds is 5. The maximum atomic E-state index is 12.7. The molecular formula is C16H26N4O. The summed E-state index contributed by atoms with van der Waals surface area (Å²) in [4.78, 5) is 19.0. The molecule has 1 amide bonds. The maximum absolute atomic E-state index is 12.7. The van der Waals surface area contributed by atoms with Gasteiger partial charge >= 0.3 is 0 Å². The number of carbonyl (C=O) groups is 1. The molecule has 1 atom stereocenters. The fourth-order valence-electron chi connectivity index (χ4n) is 2.87. The van der Waals surface area contributed by atoms with E-state index in [1.54, 1.807) is 6.07 Å². The Morgan fingerprint density at radius 3 is 2.86 bits per heavy atom. The molecule has 1 fully saturated rings. The van der Waals surface area contributed by atoms with Gasteiger partial charge in [-0.3, -0.25) is 4.79 Å². The molecule has 1 aromatic rings. The smallest absolute Gasteiger partial charge is 0.254 e. The lowest BCUT2D eigenvalue weighted by Gasteiger charge is -2.19. The van der Waals surface area contributed by atoms with Gasteiger partial charge in [-0.25, -0.2) is 10.8 Å². The molecule has 116 valence electrons. The fraction of sp³-hybridized carbons (Fsp3) is 0.625. The van der Waals surface area contributed by atoms with Crippen LogP contribution in [0.25, 0.3) is 0 Å². The van der Waals surface area contributed by atoms with Crippen LogP contribution in [0.4, 0.5) is 5.82 Å². The van der Waals surface area contributed by atoms with Crippen LogP contribution in [0, 0.1) is 11.8 Å². The zero-order valence-electron chi connectivity index (χ0n) is 13.2. The number of anilines is 1. The van der Waals surface area contributed by atoms with Crippen LogP contribution in [0.3, 0.4) is 0 Å². The lowest BCUT2D eigenvalue weighted by atomic mass is 9.95. The second-order valence-electron chi connectivity index (χ2n) is 6.17. The Hall–Kier alpha value is -1.62. The van der Waals surface area contributed by atoms with E-state index in [1.807, 2.05) is 11.0 Å². The number of carbonyl (C=O) groups excluding carboxylic acids is 1. The number of pyridine rings is 1. The van der Waals surface area contributed by atoms with Crippen LogP contribution in [-0.4, -0.2) is 28.9 Å². The summed E-state index contributed by atoms with van der Waals surface area (Å²) >= 11 is 0. The topological polar surface area (TPSA) is 71.2 Å². The van der Waals surface area contributed by atoms with Gasteiger partial charge in [0.15, 0.2) is 0 Å². The van der Waals surface area contributed by atoms with Gasteiger partial charge in [-0.2, -0.15) is 0 Å². The molecule has 0 radical (unpaired) electrons. The number of hydrogen-bond donors (Lipinski definition) is 2. The van der Waals surface area contributed by atoms with Crippen molar-refractivity contribution in [3.63, 3.8) is 0 Å². The molecule has 0 aliphatic carbocycles. The first-order valence-corrected chi connectivity index (χ1v) is 7.82. The van der Waals surface area contributed by atoms with Gasteiger partial charge in [0.1, 0.15) is 5.82 Å². The number of aryl methyl sites for hydroxylation is 1. The highest BCUT2D eigenvalue weighted by atomic mass is 16.2. The van der Waals surface area contributed by atoms with Crippen molar-refractivity contribution >= 4 is 11.7 Å². The molecule has 1 aliphatic heterocycles. The summed E-state index contributed by atoms with van der Waals surface area (Å²) in [6.07, 6.45) is 2.94. The number of nitrogens with two attached hydrogens (primary N) is 1. The molecule has 5 heteroatoms. The van der Waals surface area contributed by atoms with Gasteiger partial charge in [0.25, 0.3) is 5.91 Å². The van der Waals surface area contributed by atoms with Crippen LogP contribution in [0.1, 0.15) is 49.7 Å². The molecule has 1 saturated heterocycles. The predicted molar refractivity (Wildman–Crippen MR) is 84.9 cm³/mol. The summed E-state index contributed by atoms with van der Waals surface area (Å²) < 4.78 is 0. The van der Waals surface area contributed by atoms with E-state index in [1.165, 1.54) is 0 Å². The molecule has 21 heavy (non-hydrogen) atoms. The highest BCUT2D eigenvalue weighted by Crippen LogP contribution is 2.25. The van der Waals surface area contributed by atoms with E-state index in [-0.39, 0.29) is 5.91 Å². The van der Waals surface area contributed by atoms with Crippen molar-refractivity contribution < 1.29 is 4.79 Å². The minimum Gasteiger partial charge on any atom is -0.338 e. The maximum Gasteiger partial charge on any atom is 0.254 e.